The van der Waals surface area contributed by atoms with Gasteiger partial charge in [0.25, 0.3) is 0 Å². The molecule has 1 aliphatic rings. The molecule has 0 aromatic carbocycles. The molecule has 0 fully saturated rings. The highest BCUT2D eigenvalue weighted by Crippen LogP contribution is 2.38. The van der Waals surface area contributed by atoms with Gasteiger partial charge in [-0.2, -0.15) is 0 Å². The predicted molar refractivity (Wildman–Crippen MR) is 38.7 cm³/mol. The second-order valence-corrected chi connectivity index (χ2v) is 3.43. The molecule has 0 amide bonds. The van der Waals surface area contributed by atoms with E-state index in [4.69, 9.17) is 5.73 Å². The first-order valence-electron chi connectivity index (χ1n) is 3.16. The second-order valence-electron chi connectivity index (χ2n) is 2.37. The number of aromatic nitrogens is 1. The van der Waals surface area contributed by atoms with Crippen molar-refractivity contribution < 1.29 is 4.39 Å². The minimum absolute atomic E-state index is 0.493. The van der Waals surface area contributed by atoms with Crippen LogP contribution in [0.3, 0.4) is 0 Å². The van der Waals surface area contributed by atoms with Crippen LogP contribution >= 0.6 is 11.3 Å². The van der Waals surface area contributed by atoms with Crippen molar-refractivity contribution in [1.82, 2.24) is 4.98 Å². The van der Waals surface area contributed by atoms with E-state index in [2.05, 4.69) is 4.98 Å². The monoisotopic (exact) mass is 158 g/mol. The summed E-state index contributed by atoms with van der Waals surface area (Å²) in [5.74, 6) is 0. The summed E-state index contributed by atoms with van der Waals surface area (Å²) in [6.07, 6.45) is 0.545. The Hall–Kier alpha value is -0.640. The maximum atomic E-state index is 12.8. The summed E-state index contributed by atoms with van der Waals surface area (Å²) in [6.45, 7) is 0. The van der Waals surface area contributed by atoms with Gasteiger partial charge in [-0.05, 0) is 12.8 Å². The van der Waals surface area contributed by atoms with Crippen molar-refractivity contribution in [3.8, 4) is 0 Å². The van der Waals surface area contributed by atoms with E-state index in [1.807, 2.05) is 0 Å². The fourth-order valence-corrected chi connectivity index (χ4v) is 2.09. The molecule has 2 N–H and O–H groups in total. The first-order valence-corrected chi connectivity index (χ1v) is 3.98. The van der Waals surface area contributed by atoms with E-state index in [1.165, 1.54) is 11.3 Å². The van der Waals surface area contributed by atoms with E-state index < -0.39 is 6.17 Å². The topological polar surface area (TPSA) is 38.9 Å². The Morgan fingerprint density at radius 1 is 1.70 bits per heavy atom. The van der Waals surface area contributed by atoms with Crippen molar-refractivity contribution >= 4 is 16.5 Å². The number of nitrogen functional groups attached to an aromatic ring is 1. The number of thiazole rings is 1. The van der Waals surface area contributed by atoms with Gasteiger partial charge >= 0.3 is 0 Å². The number of hydrogen-bond donors (Lipinski definition) is 1. The Morgan fingerprint density at radius 2 is 2.50 bits per heavy atom. The molecule has 1 aromatic rings. The fourth-order valence-electron chi connectivity index (χ4n) is 1.20. The molecular weight excluding hydrogens is 151 g/mol. The summed E-state index contributed by atoms with van der Waals surface area (Å²) in [5, 5.41) is 0.493. The van der Waals surface area contributed by atoms with E-state index in [-0.39, 0.29) is 0 Å². The number of nitrogens with two attached hydrogens (primary N) is 1. The van der Waals surface area contributed by atoms with E-state index in [0.29, 0.717) is 11.6 Å². The molecule has 1 heterocycles. The van der Waals surface area contributed by atoms with E-state index in [9.17, 15) is 4.39 Å². The number of fused-ring (bicyclic) bond motifs is 1. The summed E-state index contributed by atoms with van der Waals surface area (Å²) in [6, 6.07) is 0. The first-order chi connectivity index (χ1) is 4.77. The molecule has 4 heteroatoms. The Morgan fingerprint density at radius 3 is 3.20 bits per heavy atom. The third-order valence-corrected chi connectivity index (χ3v) is 2.67. The van der Waals surface area contributed by atoms with Crippen molar-refractivity contribution in [2.24, 2.45) is 0 Å². The van der Waals surface area contributed by atoms with Crippen LogP contribution < -0.4 is 5.73 Å². The summed E-state index contributed by atoms with van der Waals surface area (Å²) in [5.41, 5.74) is 6.26. The lowest BCUT2D eigenvalue weighted by Gasteiger charge is -1.91. The van der Waals surface area contributed by atoms with Gasteiger partial charge in [0.15, 0.2) is 5.13 Å². The lowest BCUT2D eigenvalue weighted by atomic mass is 10.3. The summed E-state index contributed by atoms with van der Waals surface area (Å²) >= 11 is 1.28. The van der Waals surface area contributed by atoms with E-state index >= 15 is 0 Å². The van der Waals surface area contributed by atoms with Gasteiger partial charge in [0.2, 0.25) is 0 Å². The predicted octanol–water partition coefficient (Wildman–Crippen LogP) is 1.68. The van der Waals surface area contributed by atoms with Gasteiger partial charge in [0, 0.05) is 0 Å². The van der Waals surface area contributed by atoms with Gasteiger partial charge in [-0.3, -0.25) is 0 Å². The average Bonchev–Trinajstić information content (AvgIpc) is 2.35. The van der Waals surface area contributed by atoms with Gasteiger partial charge < -0.3 is 5.73 Å². The number of hydrogen-bond acceptors (Lipinski definition) is 3. The van der Waals surface area contributed by atoms with Crippen molar-refractivity contribution in [1.29, 1.82) is 0 Å². The molecule has 0 spiro atoms. The van der Waals surface area contributed by atoms with Gasteiger partial charge in [-0.25, -0.2) is 9.37 Å². The van der Waals surface area contributed by atoms with Crippen molar-refractivity contribution in [3.05, 3.63) is 10.6 Å². The third-order valence-electron chi connectivity index (χ3n) is 1.66. The minimum Gasteiger partial charge on any atom is -0.375 e. The highest BCUT2D eigenvalue weighted by atomic mass is 32.1. The number of alkyl halides is 1. The largest absolute Gasteiger partial charge is 0.375 e. The average molecular weight is 158 g/mol. The van der Waals surface area contributed by atoms with Crippen LogP contribution in [0.15, 0.2) is 0 Å². The van der Waals surface area contributed by atoms with Crippen molar-refractivity contribution in [2.45, 2.75) is 19.0 Å². The van der Waals surface area contributed by atoms with Gasteiger partial charge in [-0.15, -0.1) is 0 Å². The zero-order chi connectivity index (χ0) is 7.14. The second kappa shape index (κ2) is 1.92. The Bertz CT molecular complexity index is 258. The lowest BCUT2D eigenvalue weighted by Crippen LogP contribution is -1.83. The first kappa shape index (κ1) is 6.09. The Labute approximate surface area is 61.9 Å². The summed E-state index contributed by atoms with van der Waals surface area (Å²) in [4.78, 5) is 4.75. The summed E-state index contributed by atoms with van der Waals surface area (Å²) < 4.78 is 12.8. The molecule has 10 heavy (non-hydrogen) atoms. The van der Waals surface area contributed by atoms with Crippen LogP contribution in [0.2, 0.25) is 0 Å². The number of nitrogens with zero attached hydrogens (tertiary/aromatic N) is 1. The molecule has 1 aliphatic carbocycles. The van der Waals surface area contributed by atoms with Crippen LogP contribution in [-0.4, -0.2) is 4.98 Å². The molecule has 2 nitrogen and oxygen atoms in total. The molecule has 54 valence electrons. The lowest BCUT2D eigenvalue weighted by molar-refractivity contribution is 0.348. The smallest absolute Gasteiger partial charge is 0.180 e. The molecule has 0 saturated carbocycles. The van der Waals surface area contributed by atoms with Crippen LogP contribution in [0.5, 0.6) is 0 Å². The maximum absolute atomic E-state index is 12.8. The van der Waals surface area contributed by atoms with Crippen molar-refractivity contribution in [2.75, 3.05) is 5.73 Å². The van der Waals surface area contributed by atoms with Crippen LogP contribution in [0.25, 0.3) is 0 Å². The van der Waals surface area contributed by atoms with Gasteiger partial charge in [0.05, 0.1) is 10.6 Å². The van der Waals surface area contributed by atoms with Gasteiger partial charge in [0.1, 0.15) is 6.17 Å². The van der Waals surface area contributed by atoms with Crippen molar-refractivity contribution in [3.63, 3.8) is 0 Å². The van der Waals surface area contributed by atoms with Crippen LogP contribution in [0.4, 0.5) is 9.52 Å². The van der Waals surface area contributed by atoms with Crippen LogP contribution in [0.1, 0.15) is 23.2 Å². The van der Waals surface area contributed by atoms with E-state index in [0.717, 1.165) is 17.0 Å². The Balaban J connectivity index is 2.49. The molecule has 2 rings (SSSR count). The third kappa shape index (κ3) is 0.718. The molecule has 0 aliphatic heterocycles. The number of rotatable bonds is 0. The van der Waals surface area contributed by atoms with Crippen LogP contribution in [0, 0.1) is 0 Å². The SMILES string of the molecule is Nc1nc2c(s1)C(F)CC2. The number of aryl methyl sites for hydroxylation is 1. The standard InChI is InChI=1S/C6H7FN2S/c7-3-1-2-4-5(3)10-6(8)9-4/h3H,1-2H2,(H2,8,9). The molecule has 1 unspecified atom stereocenters. The molecule has 0 radical (unpaired) electrons. The highest BCUT2D eigenvalue weighted by molar-refractivity contribution is 7.15. The highest BCUT2D eigenvalue weighted by Gasteiger charge is 2.25. The van der Waals surface area contributed by atoms with Gasteiger partial charge in [-0.1, -0.05) is 11.3 Å². The number of halogens is 1. The molecule has 1 atom stereocenters. The molecule has 0 saturated heterocycles. The fraction of sp³-hybridized carbons (Fsp3) is 0.500. The molecular formula is C6H7FN2S. The minimum atomic E-state index is -0.801. The molecule has 1 aromatic heterocycles. The zero-order valence-corrected chi connectivity index (χ0v) is 6.12. The summed E-state index contributed by atoms with van der Waals surface area (Å²) in [7, 11) is 0. The molecule has 0 bridgehead atoms. The maximum Gasteiger partial charge on any atom is 0.180 e. The van der Waals surface area contributed by atoms with E-state index in [1.54, 1.807) is 0 Å². The quantitative estimate of drug-likeness (QED) is 0.624. The number of anilines is 1. The zero-order valence-electron chi connectivity index (χ0n) is 5.30. The van der Waals surface area contributed by atoms with Crippen LogP contribution in [-0.2, 0) is 6.42 Å². The Kier molecular flexibility index (Phi) is 1.17. The normalized spacial score (nSPS) is 23.1.